The van der Waals surface area contributed by atoms with Crippen molar-refractivity contribution in [3.8, 4) is 0 Å². The smallest absolute Gasteiger partial charge is 0.0854 e. The average Bonchev–Trinajstić information content (AvgIpc) is 2.45. The Morgan fingerprint density at radius 2 is 1.95 bits per heavy atom. The van der Waals surface area contributed by atoms with Crippen molar-refractivity contribution in [2.24, 2.45) is 0 Å². The molecule has 20 heavy (non-hydrogen) atoms. The van der Waals surface area contributed by atoms with E-state index in [1.54, 1.807) is 0 Å². The normalized spacial score (nSPS) is 13.8. The van der Waals surface area contributed by atoms with Crippen molar-refractivity contribution in [3.63, 3.8) is 0 Å². The van der Waals surface area contributed by atoms with Gasteiger partial charge in [-0.15, -0.1) is 0 Å². The molecule has 0 aromatic heterocycles. The highest BCUT2D eigenvalue weighted by Gasteiger charge is 2.29. The fourth-order valence-corrected chi connectivity index (χ4v) is 2.83. The summed E-state index contributed by atoms with van der Waals surface area (Å²) in [6.07, 6.45) is 0.756. The summed E-state index contributed by atoms with van der Waals surface area (Å²) in [5, 5.41) is 14.0. The van der Waals surface area contributed by atoms with Crippen molar-refractivity contribution in [2.45, 2.75) is 18.9 Å². The van der Waals surface area contributed by atoms with Gasteiger partial charge in [-0.05, 0) is 42.3 Å². The predicted molar refractivity (Wildman–Crippen MR) is 88.3 cm³/mol. The van der Waals surface area contributed by atoms with Crippen LogP contribution in [0.25, 0.3) is 0 Å². The van der Waals surface area contributed by atoms with E-state index in [-0.39, 0.29) is 6.61 Å². The first-order valence-corrected chi connectivity index (χ1v) is 7.67. The van der Waals surface area contributed by atoms with Crippen LogP contribution in [0.15, 0.2) is 53.0 Å². The molecule has 2 N–H and O–H groups in total. The number of anilines is 1. The van der Waals surface area contributed by atoms with E-state index in [1.807, 2.05) is 48.5 Å². The summed E-state index contributed by atoms with van der Waals surface area (Å²) < 4.78 is 0.995. The maximum Gasteiger partial charge on any atom is 0.0854 e. The minimum atomic E-state index is -0.519. The van der Waals surface area contributed by atoms with Crippen LogP contribution in [0.5, 0.6) is 0 Å². The SMILES string of the molecule is CCC(CO)(Nc1cccc(Cl)c1)c1cccc(Br)c1. The Labute approximate surface area is 132 Å². The van der Waals surface area contributed by atoms with Gasteiger partial charge in [0.1, 0.15) is 0 Å². The Hall–Kier alpha value is -1.03. The molecule has 0 amide bonds. The fraction of sp³-hybridized carbons (Fsp3) is 0.250. The van der Waals surface area contributed by atoms with E-state index in [1.165, 1.54) is 0 Å². The first-order valence-electron chi connectivity index (χ1n) is 6.50. The van der Waals surface area contributed by atoms with Crippen molar-refractivity contribution in [1.29, 1.82) is 0 Å². The fourth-order valence-electron chi connectivity index (χ4n) is 2.24. The Morgan fingerprint density at radius 3 is 2.55 bits per heavy atom. The second-order valence-corrected chi connectivity index (χ2v) is 6.09. The minimum Gasteiger partial charge on any atom is -0.394 e. The summed E-state index contributed by atoms with van der Waals surface area (Å²) in [7, 11) is 0. The van der Waals surface area contributed by atoms with Gasteiger partial charge in [0.05, 0.1) is 12.1 Å². The third-order valence-electron chi connectivity index (χ3n) is 3.46. The van der Waals surface area contributed by atoms with Gasteiger partial charge in [0.25, 0.3) is 0 Å². The van der Waals surface area contributed by atoms with Gasteiger partial charge in [-0.25, -0.2) is 0 Å². The lowest BCUT2D eigenvalue weighted by Crippen LogP contribution is -2.38. The largest absolute Gasteiger partial charge is 0.394 e. The zero-order valence-electron chi connectivity index (χ0n) is 11.2. The number of hydrogen-bond acceptors (Lipinski definition) is 2. The zero-order chi connectivity index (χ0) is 14.6. The van der Waals surface area contributed by atoms with E-state index in [0.29, 0.717) is 5.02 Å². The van der Waals surface area contributed by atoms with Gasteiger partial charge in [0.2, 0.25) is 0 Å². The molecule has 0 radical (unpaired) electrons. The van der Waals surface area contributed by atoms with Crippen molar-refractivity contribution < 1.29 is 5.11 Å². The van der Waals surface area contributed by atoms with Gasteiger partial charge in [0.15, 0.2) is 0 Å². The Kier molecular flexibility index (Phi) is 5.08. The molecule has 0 heterocycles. The van der Waals surface area contributed by atoms with Crippen LogP contribution in [-0.2, 0) is 5.54 Å². The number of aliphatic hydroxyl groups is 1. The third kappa shape index (κ3) is 3.35. The molecule has 1 atom stereocenters. The molecule has 2 aromatic carbocycles. The number of halogens is 2. The van der Waals surface area contributed by atoms with Crippen molar-refractivity contribution in [1.82, 2.24) is 0 Å². The molecule has 2 aromatic rings. The standard InChI is InChI=1S/C16H17BrClNO/c1-2-16(11-20,12-5-3-6-13(17)9-12)19-15-8-4-7-14(18)10-15/h3-10,19-20H,2,11H2,1H3. The highest BCUT2D eigenvalue weighted by molar-refractivity contribution is 9.10. The van der Waals surface area contributed by atoms with Gasteiger partial charge in [-0.3, -0.25) is 0 Å². The van der Waals surface area contributed by atoms with E-state index >= 15 is 0 Å². The molecule has 1 unspecified atom stereocenters. The van der Waals surface area contributed by atoms with Crippen LogP contribution in [0.4, 0.5) is 5.69 Å². The lowest BCUT2D eigenvalue weighted by atomic mass is 9.87. The van der Waals surface area contributed by atoms with Crippen LogP contribution in [0, 0.1) is 0 Å². The summed E-state index contributed by atoms with van der Waals surface area (Å²) in [4.78, 5) is 0. The summed E-state index contributed by atoms with van der Waals surface area (Å²) in [6.45, 7) is 2.06. The Balaban J connectivity index is 2.39. The molecule has 0 aliphatic carbocycles. The van der Waals surface area contributed by atoms with Gasteiger partial charge >= 0.3 is 0 Å². The number of rotatable bonds is 5. The predicted octanol–water partition coefficient (Wildman–Crippen LogP) is 4.81. The molecule has 2 nitrogen and oxygen atoms in total. The molecular formula is C16H17BrClNO. The van der Waals surface area contributed by atoms with Gasteiger partial charge in [-0.2, -0.15) is 0 Å². The summed E-state index contributed by atoms with van der Waals surface area (Å²) >= 11 is 9.50. The van der Waals surface area contributed by atoms with Crippen molar-refractivity contribution >= 4 is 33.2 Å². The summed E-state index contributed by atoms with van der Waals surface area (Å²) in [6, 6.07) is 15.5. The number of nitrogens with one attached hydrogen (secondary N) is 1. The van der Waals surface area contributed by atoms with E-state index in [2.05, 4.69) is 28.2 Å². The second kappa shape index (κ2) is 6.61. The van der Waals surface area contributed by atoms with Gasteiger partial charge in [0, 0.05) is 15.2 Å². The Morgan fingerprint density at radius 1 is 1.20 bits per heavy atom. The monoisotopic (exact) mass is 353 g/mol. The number of aliphatic hydroxyl groups excluding tert-OH is 1. The molecule has 0 saturated heterocycles. The summed E-state index contributed by atoms with van der Waals surface area (Å²) in [5.41, 5.74) is 1.42. The maximum atomic E-state index is 9.94. The van der Waals surface area contributed by atoms with Crippen molar-refractivity contribution in [3.05, 3.63) is 63.6 Å². The number of hydrogen-bond donors (Lipinski definition) is 2. The van der Waals surface area contributed by atoms with Gasteiger partial charge in [-0.1, -0.05) is 52.7 Å². The lowest BCUT2D eigenvalue weighted by molar-refractivity contribution is 0.207. The molecule has 4 heteroatoms. The molecule has 0 aliphatic heterocycles. The summed E-state index contributed by atoms with van der Waals surface area (Å²) in [5.74, 6) is 0. The minimum absolute atomic E-state index is 0.00642. The molecule has 106 valence electrons. The van der Waals surface area contributed by atoms with Crippen LogP contribution in [-0.4, -0.2) is 11.7 Å². The van der Waals surface area contributed by atoms with E-state index in [9.17, 15) is 5.11 Å². The van der Waals surface area contributed by atoms with Crippen LogP contribution in [0.2, 0.25) is 5.02 Å². The van der Waals surface area contributed by atoms with Crippen LogP contribution in [0.1, 0.15) is 18.9 Å². The molecule has 0 bridgehead atoms. The van der Waals surface area contributed by atoms with E-state index < -0.39 is 5.54 Å². The quantitative estimate of drug-likeness (QED) is 0.807. The van der Waals surface area contributed by atoms with Crippen LogP contribution >= 0.6 is 27.5 Å². The third-order valence-corrected chi connectivity index (χ3v) is 4.19. The molecule has 0 fully saturated rings. The first-order chi connectivity index (χ1) is 9.59. The molecule has 0 spiro atoms. The zero-order valence-corrected chi connectivity index (χ0v) is 13.6. The second-order valence-electron chi connectivity index (χ2n) is 4.74. The van der Waals surface area contributed by atoms with Crippen LogP contribution < -0.4 is 5.32 Å². The Bertz CT molecular complexity index is 584. The van der Waals surface area contributed by atoms with E-state index in [4.69, 9.17) is 11.6 Å². The molecule has 0 aliphatic rings. The van der Waals surface area contributed by atoms with Crippen LogP contribution in [0.3, 0.4) is 0 Å². The highest BCUT2D eigenvalue weighted by Crippen LogP contribution is 2.31. The van der Waals surface area contributed by atoms with Gasteiger partial charge < -0.3 is 10.4 Å². The molecular weight excluding hydrogens is 338 g/mol. The average molecular weight is 355 g/mol. The molecule has 2 rings (SSSR count). The van der Waals surface area contributed by atoms with E-state index in [0.717, 1.165) is 22.1 Å². The number of benzene rings is 2. The highest BCUT2D eigenvalue weighted by atomic mass is 79.9. The van der Waals surface area contributed by atoms with Crippen molar-refractivity contribution in [2.75, 3.05) is 11.9 Å². The molecule has 0 saturated carbocycles. The topological polar surface area (TPSA) is 32.3 Å². The first kappa shape index (κ1) is 15.4. The lowest BCUT2D eigenvalue weighted by Gasteiger charge is -2.34. The maximum absolute atomic E-state index is 9.94.